The average Bonchev–Trinajstić information content (AvgIpc) is 4.18. The van der Waals surface area contributed by atoms with Gasteiger partial charge < -0.3 is 40.8 Å². The number of carboxylic acid groups (broad SMARTS) is 1. The summed E-state index contributed by atoms with van der Waals surface area (Å²) in [6.45, 7) is 3.03. The molecule has 3 aromatic rings. The first-order valence-electron chi connectivity index (χ1n) is 26.4. The number of hydrogen-bond acceptors (Lipinski definition) is 15. The zero-order valence-electron chi connectivity index (χ0n) is 44.1. The number of pyridine rings is 1. The minimum absolute atomic E-state index is 0.0240. The number of Topliss-reactive ketones (excluding diaryl/α,β-unsaturated/α-hetero) is 2. The van der Waals surface area contributed by atoms with Crippen molar-refractivity contribution in [2.45, 2.75) is 122 Å². The summed E-state index contributed by atoms with van der Waals surface area (Å²) in [6, 6.07) is 9.64. The first-order valence-corrected chi connectivity index (χ1v) is 26.4. The third kappa shape index (κ3) is 12.6. The van der Waals surface area contributed by atoms with Gasteiger partial charge in [-0.25, -0.2) is 9.18 Å². The predicted molar refractivity (Wildman–Crippen MR) is 277 cm³/mol. The molecular formula is C56H63FN8O14. The number of hydrogen-bond donors (Lipinski definition) is 6. The largest absolute Gasteiger partial charge is 0.480 e. The van der Waals surface area contributed by atoms with Gasteiger partial charge >= 0.3 is 11.9 Å². The van der Waals surface area contributed by atoms with E-state index in [0.29, 0.717) is 29.5 Å². The molecule has 5 aliphatic rings. The van der Waals surface area contributed by atoms with Crippen molar-refractivity contribution in [3.8, 4) is 0 Å². The van der Waals surface area contributed by atoms with Crippen LogP contribution in [0.4, 0.5) is 4.39 Å². The lowest BCUT2D eigenvalue weighted by Gasteiger charge is -2.35. The van der Waals surface area contributed by atoms with Gasteiger partial charge in [-0.1, -0.05) is 37.3 Å². The lowest BCUT2D eigenvalue weighted by atomic mass is 9.76. The summed E-state index contributed by atoms with van der Waals surface area (Å²) in [5, 5.41) is 32.8. The highest BCUT2D eigenvalue weighted by molar-refractivity contribution is 6.15. The zero-order chi connectivity index (χ0) is 56.9. The SMILES string of the molecule is CC[C@@]1(O)C(=O)OCc2c1cc1n(c2=O)CC2C3=c4c(c(C)c(F)cc4=NC12)CC[C@@H]3NC(=O)CCCNC(=O)CCC(=O)[C@H](Cc1ccccc1)NC(=O)CCC(=O)CNC(=O)CN(CCN1C(=O)C=C(C)C1=O)CC(=O)O. The Bertz CT molecular complexity index is 3270. The highest BCUT2D eigenvalue weighted by atomic mass is 19.1. The first kappa shape index (κ1) is 57.1. The van der Waals surface area contributed by atoms with Crippen LogP contribution in [-0.4, -0.2) is 135 Å². The smallest absolute Gasteiger partial charge is 0.343 e. The van der Waals surface area contributed by atoms with E-state index in [4.69, 9.17) is 9.73 Å². The number of carbonyl (C=O) groups excluding carboxylic acids is 9. The molecule has 5 atom stereocenters. The number of halogens is 1. The Morgan fingerprint density at radius 2 is 1.66 bits per heavy atom. The Morgan fingerprint density at radius 3 is 2.37 bits per heavy atom. The van der Waals surface area contributed by atoms with Crippen LogP contribution in [0.3, 0.4) is 0 Å². The van der Waals surface area contributed by atoms with Crippen LogP contribution >= 0.6 is 0 Å². The summed E-state index contributed by atoms with van der Waals surface area (Å²) >= 11 is 0. The van der Waals surface area contributed by atoms with Crippen molar-refractivity contribution in [1.82, 2.24) is 35.6 Å². The maximum absolute atomic E-state index is 15.4. The quantitative estimate of drug-likeness (QED) is 0.0360. The van der Waals surface area contributed by atoms with E-state index in [2.05, 4.69) is 21.3 Å². The summed E-state index contributed by atoms with van der Waals surface area (Å²) in [7, 11) is 0. The maximum atomic E-state index is 15.4. The fraction of sp³-hybridized carbons (Fsp3) is 0.464. The molecule has 22 nitrogen and oxygen atoms in total. The predicted octanol–water partition coefficient (Wildman–Crippen LogP) is -0.323. The number of ether oxygens (including phenoxy) is 1. The molecular weight excluding hydrogens is 1030 g/mol. The molecule has 2 unspecified atom stereocenters. The summed E-state index contributed by atoms with van der Waals surface area (Å²) in [6.07, 6.45) is 1.33. The molecule has 4 aliphatic heterocycles. The number of imide groups is 1. The van der Waals surface area contributed by atoms with Crippen LogP contribution in [0.1, 0.15) is 105 Å². The number of carbonyl (C=O) groups is 10. The van der Waals surface area contributed by atoms with Gasteiger partial charge in [0.2, 0.25) is 23.6 Å². The Morgan fingerprint density at radius 1 is 0.911 bits per heavy atom. The molecule has 418 valence electrons. The number of aliphatic hydroxyl groups is 1. The number of ketones is 2. The van der Waals surface area contributed by atoms with Crippen molar-refractivity contribution in [3.63, 3.8) is 0 Å². The summed E-state index contributed by atoms with van der Waals surface area (Å²) < 4.78 is 22.2. The second-order valence-corrected chi connectivity index (χ2v) is 20.6. The molecule has 0 radical (unpaired) electrons. The number of fused-ring (bicyclic) bond motifs is 5. The van der Waals surface area contributed by atoms with Gasteiger partial charge in [0.25, 0.3) is 17.4 Å². The molecule has 6 amide bonds. The Labute approximate surface area is 452 Å². The van der Waals surface area contributed by atoms with E-state index in [0.717, 1.165) is 32.9 Å². The molecule has 0 saturated carbocycles. The molecule has 79 heavy (non-hydrogen) atoms. The number of benzene rings is 2. The number of nitrogens with zero attached hydrogens (tertiary/aromatic N) is 4. The lowest BCUT2D eigenvalue weighted by Crippen LogP contribution is -2.50. The second-order valence-electron chi connectivity index (χ2n) is 20.6. The Balaban J connectivity index is 0.805. The van der Waals surface area contributed by atoms with Crippen LogP contribution in [-0.2, 0) is 84.3 Å². The van der Waals surface area contributed by atoms with Crippen molar-refractivity contribution in [2.24, 2.45) is 10.9 Å². The second kappa shape index (κ2) is 24.3. The van der Waals surface area contributed by atoms with Crippen molar-refractivity contribution < 1.29 is 67.3 Å². The van der Waals surface area contributed by atoms with Crippen molar-refractivity contribution in [1.29, 1.82) is 0 Å². The third-order valence-electron chi connectivity index (χ3n) is 15.3. The molecule has 0 spiro atoms. The van der Waals surface area contributed by atoms with Crippen LogP contribution in [0.5, 0.6) is 0 Å². The van der Waals surface area contributed by atoms with E-state index < -0.39 is 114 Å². The van der Waals surface area contributed by atoms with E-state index >= 15 is 4.39 Å². The Hall–Kier alpha value is -8.05. The molecule has 1 aliphatic carbocycles. The fourth-order valence-electron chi connectivity index (χ4n) is 11.1. The molecule has 2 aromatic carbocycles. The molecule has 0 fully saturated rings. The van der Waals surface area contributed by atoms with E-state index in [-0.39, 0.29) is 107 Å². The highest BCUT2D eigenvalue weighted by Gasteiger charge is 2.48. The standard InChI is InChI=1S/C56H63FN8O14/c1-4-56(78)37-23-42-52-35(26-65(42)54(76)36(37)29-79-55(56)77)51-39(14-13-34-31(3)38(57)24-41(62-52)50(34)51)60-45(69)11-8-18-58-44(68)17-15-43(67)40(22-32-9-6-5-7-10-32)61-46(70)16-12-33(66)25-59-47(71)27-63(28-49(73)74)19-20-64-48(72)21-30(2)53(64)75/h5-7,9-10,21,23-24,35,39-40,52,78H,4,8,11-20,22,25-29H2,1-3H3,(H,58,68)(H,59,71)(H,60,69)(H,61,70)(H,73,74)/t35?,39-,40-,52?,56-/m0/s1. The van der Waals surface area contributed by atoms with Crippen LogP contribution in [0, 0.1) is 18.7 Å². The van der Waals surface area contributed by atoms with Gasteiger partial charge in [0.05, 0.1) is 48.7 Å². The van der Waals surface area contributed by atoms with Gasteiger partial charge in [0.1, 0.15) is 12.4 Å². The molecule has 0 bridgehead atoms. The number of aliphatic carboxylic acids is 1. The minimum Gasteiger partial charge on any atom is -0.480 e. The van der Waals surface area contributed by atoms with E-state index in [1.807, 2.05) is 0 Å². The van der Waals surface area contributed by atoms with Gasteiger partial charge in [-0.3, -0.25) is 62.7 Å². The van der Waals surface area contributed by atoms with Gasteiger partial charge in [0, 0.05) is 92.3 Å². The number of amides is 6. The number of nitrogens with one attached hydrogen (secondary N) is 4. The normalized spacial score (nSPS) is 19.9. The average molecular weight is 1090 g/mol. The van der Waals surface area contributed by atoms with Crippen LogP contribution in [0.15, 0.2) is 63.9 Å². The molecule has 23 heteroatoms. The molecule has 6 N–H and O–H groups in total. The number of aromatic nitrogens is 1. The monoisotopic (exact) mass is 1090 g/mol. The van der Waals surface area contributed by atoms with Crippen molar-refractivity contribution in [2.75, 3.05) is 39.3 Å². The number of cyclic esters (lactones) is 1. The summed E-state index contributed by atoms with van der Waals surface area (Å²) in [5.74, 6) is -7.06. The van der Waals surface area contributed by atoms with E-state index in [9.17, 15) is 63.0 Å². The topological polar surface area (TPSA) is 309 Å². The van der Waals surface area contributed by atoms with Crippen molar-refractivity contribution >= 4 is 64.5 Å². The summed E-state index contributed by atoms with van der Waals surface area (Å²) in [4.78, 5) is 148. The van der Waals surface area contributed by atoms with Gasteiger partial charge in [-0.05, 0) is 80.3 Å². The number of carboxylic acids is 1. The number of esters is 1. The summed E-state index contributed by atoms with van der Waals surface area (Å²) in [5.41, 5.74) is 1.42. The molecule has 5 heterocycles. The van der Waals surface area contributed by atoms with Crippen molar-refractivity contribution in [3.05, 3.63) is 114 Å². The minimum atomic E-state index is -2.02. The maximum Gasteiger partial charge on any atom is 0.343 e. The fourth-order valence-corrected chi connectivity index (χ4v) is 11.1. The first-order chi connectivity index (χ1) is 37.7. The zero-order valence-corrected chi connectivity index (χ0v) is 44.1. The lowest BCUT2D eigenvalue weighted by molar-refractivity contribution is -0.172. The number of rotatable bonds is 25. The third-order valence-corrected chi connectivity index (χ3v) is 15.3. The molecule has 8 rings (SSSR count). The van der Waals surface area contributed by atoms with Crippen LogP contribution in [0.25, 0.3) is 5.57 Å². The van der Waals surface area contributed by atoms with Gasteiger partial charge in [-0.15, -0.1) is 0 Å². The molecule has 0 saturated heterocycles. The van der Waals surface area contributed by atoms with Gasteiger partial charge in [-0.2, -0.15) is 0 Å². The van der Waals surface area contributed by atoms with Gasteiger partial charge in [0.15, 0.2) is 17.2 Å². The van der Waals surface area contributed by atoms with Crippen LogP contribution < -0.4 is 37.4 Å². The van der Waals surface area contributed by atoms with E-state index in [1.165, 1.54) is 17.9 Å². The highest BCUT2D eigenvalue weighted by Crippen LogP contribution is 2.44. The van der Waals surface area contributed by atoms with Crippen LogP contribution in [0.2, 0.25) is 0 Å². The van der Waals surface area contributed by atoms with E-state index in [1.54, 1.807) is 54.8 Å². The molecule has 1 aromatic heterocycles. The Kier molecular flexibility index (Phi) is 17.6.